The minimum Gasteiger partial charge on any atom is -0.311 e. The molecule has 0 unspecified atom stereocenters. The predicted octanol–water partition coefficient (Wildman–Crippen LogP) is 1.27. The van der Waals surface area contributed by atoms with Crippen molar-refractivity contribution in [2.24, 2.45) is 0 Å². The highest BCUT2D eigenvalue weighted by atomic mass is 16.2. The van der Waals surface area contributed by atoms with Crippen LogP contribution in [0.2, 0.25) is 0 Å². The summed E-state index contributed by atoms with van der Waals surface area (Å²) in [4.78, 5) is 17.8. The second-order valence-electron chi connectivity index (χ2n) is 4.10. The molecule has 1 aromatic heterocycles. The summed E-state index contributed by atoms with van der Waals surface area (Å²) in [6.45, 7) is 3.62. The number of fused-ring (bicyclic) bond motifs is 1. The van der Waals surface area contributed by atoms with Crippen molar-refractivity contribution < 1.29 is 4.79 Å². The monoisotopic (exact) mass is 231 g/mol. The van der Waals surface area contributed by atoms with Gasteiger partial charge in [0.2, 0.25) is 0 Å². The van der Waals surface area contributed by atoms with Crippen LogP contribution in [-0.2, 0) is 17.8 Å². The highest BCUT2D eigenvalue weighted by molar-refractivity contribution is 6.00. The van der Waals surface area contributed by atoms with Gasteiger partial charge < -0.3 is 5.32 Å². The third-order valence-electron chi connectivity index (χ3n) is 2.90. The summed E-state index contributed by atoms with van der Waals surface area (Å²) in [7, 11) is 1.74. The van der Waals surface area contributed by atoms with Gasteiger partial charge in [-0.15, -0.1) is 0 Å². The molecule has 2 rings (SSSR count). The van der Waals surface area contributed by atoms with Crippen LogP contribution in [-0.4, -0.2) is 24.5 Å². The molecule has 0 fully saturated rings. The molecule has 0 spiro atoms. The molecule has 1 aliphatic heterocycles. The number of likely N-dealkylation sites (N-methyl/N-ethyl adjacent to an activating group) is 1. The van der Waals surface area contributed by atoms with Gasteiger partial charge in [0.15, 0.2) is 0 Å². The maximum Gasteiger partial charge on any atom is 0.251 e. The standard InChI is InChI=1S/C13H17N3O/c1-3-4-13(17)16(2)12-6-5-10-7-8-14-9-11(10)15-12/h3-6,14H,7-9H2,1-2H3/b4-3+. The Kier molecular flexibility index (Phi) is 3.54. The van der Waals surface area contributed by atoms with Crippen LogP contribution >= 0.6 is 0 Å². The fourth-order valence-electron chi connectivity index (χ4n) is 1.88. The van der Waals surface area contributed by atoms with Crippen molar-refractivity contribution in [1.82, 2.24) is 10.3 Å². The first-order chi connectivity index (χ1) is 8.22. The van der Waals surface area contributed by atoms with Crippen LogP contribution in [0.15, 0.2) is 24.3 Å². The largest absolute Gasteiger partial charge is 0.311 e. The van der Waals surface area contributed by atoms with Crippen LogP contribution in [0, 0.1) is 0 Å². The van der Waals surface area contributed by atoms with E-state index in [0.717, 1.165) is 25.2 Å². The molecule has 17 heavy (non-hydrogen) atoms. The van der Waals surface area contributed by atoms with Gasteiger partial charge in [0.05, 0.1) is 5.69 Å². The van der Waals surface area contributed by atoms with E-state index in [1.165, 1.54) is 5.56 Å². The number of nitrogens with zero attached hydrogens (tertiary/aromatic N) is 2. The maximum atomic E-state index is 11.7. The summed E-state index contributed by atoms with van der Waals surface area (Å²) in [5.41, 5.74) is 2.33. The molecule has 0 aromatic carbocycles. The molecule has 4 nitrogen and oxygen atoms in total. The molecular formula is C13H17N3O. The van der Waals surface area contributed by atoms with Crippen molar-refractivity contribution in [3.8, 4) is 0 Å². The number of hydrogen-bond acceptors (Lipinski definition) is 3. The van der Waals surface area contributed by atoms with Crippen molar-refractivity contribution in [3.63, 3.8) is 0 Å². The van der Waals surface area contributed by atoms with Crippen molar-refractivity contribution in [3.05, 3.63) is 35.5 Å². The van der Waals surface area contributed by atoms with Gasteiger partial charge in [0, 0.05) is 13.6 Å². The van der Waals surface area contributed by atoms with Crippen LogP contribution < -0.4 is 10.2 Å². The van der Waals surface area contributed by atoms with Gasteiger partial charge in [-0.3, -0.25) is 9.69 Å². The van der Waals surface area contributed by atoms with E-state index >= 15 is 0 Å². The first-order valence-electron chi connectivity index (χ1n) is 5.82. The van der Waals surface area contributed by atoms with E-state index in [1.54, 1.807) is 24.1 Å². The Morgan fingerprint density at radius 1 is 1.53 bits per heavy atom. The molecule has 0 saturated carbocycles. The average Bonchev–Trinajstić information content (AvgIpc) is 2.37. The van der Waals surface area contributed by atoms with Gasteiger partial charge in [-0.1, -0.05) is 12.1 Å². The number of allylic oxidation sites excluding steroid dienone is 1. The number of nitrogens with one attached hydrogen (secondary N) is 1. The zero-order valence-corrected chi connectivity index (χ0v) is 10.2. The summed E-state index contributed by atoms with van der Waals surface area (Å²) >= 11 is 0. The minimum absolute atomic E-state index is 0.0521. The van der Waals surface area contributed by atoms with Gasteiger partial charge in [-0.2, -0.15) is 0 Å². The second kappa shape index (κ2) is 5.10. The van der Waals surface area contributed by atoms with Gasteiger partial charge in [-0.05, 0) is 37.6 Å². The van der Waals surface area contributed by atoms with E-state index in [9.17, 15) is 4.79 Å². The number of carbonyl (C=O) groups is 1. The topological polar surface area (TPSA) is 45.2 Å². The van der Waals surface area contributed by atoms with E-state index in [4.69, 9.17) is 0 Å². The maximum absolute atomic E-state index is 11.7. The molecule has 1 aromatic rings. The predicted molar refractivity (Wildman–Crippen MR) is 67.9 cm³/mol. The van der Waals surface area contributed by atoms with Crippen molar-refractivity contribution >= 4 is 11.7 Å². The highest BCUT2D eigenvalue weighted by Gasteiger charge is 2.14. The third kappa shape index (κ3) is 2.53. The molecule has 4 heteroatoms. The normalized spacial score (nSPS) is 14.7. The van der Waals surface area contributed by atoms with Gasteiger partial charge >= 0.3 is 0 Å². The van der Waals surface area contributed by atoms with E-state index < -0.39 is 0 Å². The first kappa shape index (κ1) is 11.8. The molecule has 1 aliphatic rings. The van der Waals surface area contributed by atoms with Crippen molar-refractivity contribution in [1.29, 1.82) is 0 Å². The zero-order valence-electron chi connectivity index (χ0n) is 10.2. The SMILES string of the molecule is C/C=C/C(=O)N(C)c1ccc2c(n1)CNCC2. The summed E-state index contributed by atoms with van der Waals surface area (Å²) in [6.07, 6.45) is 4.29. The fourth-order valence-corrected chi connectivity index (χ4v) is 1.88. The van der Waals surface area contributed by atoms with Crippen molar-refractivity contribution in [2.45, 2.75) is 19.9 Å². The molecule has 1 N–H and O–H groups in total. The summed E-state index contributed by atoms with van der Waals surface area (Å²) < 4.78 is 0. The van der Waals surface area contributed by atoms with Crippen LogP contribution in [0.3, 0.4) is 0 Å². The summed E-state index contributed by atoms with van der Waals surface area (Å²) in [5, 5.41) is 3.28. The number of hydrogen-bond donors (Lipinski definition) is 1. The average molecular weight is 231 g/mol. The molecule has 1 amide bonds. The molecule has 2 heterocycles. The van der Waals surface area contributed by atoms with Crippen LogP contribution in [0.1, 0.15) is 18.2 Å². The molecular weight excluding hydrogens is 214 g/mol. The van der Waals surface area contributed by atoms with E-state index in [1.807, 2.05) is 13.0 Å². The smallest absolute Gasteiger partial charge is 0.251 e. The quantitative estimate of drug-likeness (QED) is 0.780. The Hall–Kier alpha value is -1.68. The van der Waals surface area contributed by atoms with Crippen LogP contribution in [0.5, 0.6) is 0 Å². The van der Waals surface area contributed by atoms with E-state index in [-0.39, 0.29) is 5.91 Å². The molecule has 0 atom stereocenters. The fraction of sp³-hybridized carbons (Fsp3) is 0.385. The lowest BCUT2D eigenvalue weighted by atomic mass is 10.1. The van der Waals surface area contributed by atoms with Crippen molar-refractivity contribution in [2.75, 3.05) is 18.5 Å². The molecule has 0 radical (unpaired) electrons. The number of aromatic nitrogens is 1. The zero-order chi connectivity index (χ0) is 12.3. The molecule has 0 aliphatic carbocycles. The number of carbonyl (C=O) groups excluding carboxylic acids is 1. The summed E-state index contributed by atoms with van der Waals surface area (Å²) in [6, 6.07) is 3.98. The Labute approximate surface area is 101 Å². The lowest BCUT2D eigenvalue weighted by Crippen LogP contribution is -2.28. The molecule has 90 valence electrons. The van der Waals surface area contributed by atoms with E-state index in [2.05, 4.69) is 16.4 Å². The van der Waals surface area contributed by atoms with Crippen LogP contribution in [0.4, 0.5) is 5.82 Å². The first-order valence-corrected chi connectivity index (χ1v) is 5.82. The lowest BCUT2D eigenvalue weighted by Gasteiger charge is -2.20. The lowest BCUT2D eigenvalue weighted by molar-refractivity contribution is -0.113. The Balaban J connectivity index is 2.24. The number of rotatable bonds is 2. The Morgan fingerprint density at radius 3 is 3.12 bits per heavy atom. The number of pyridine rings is 1. The highest BCUT2D eigenvalue weighted by Crippen LogP contribution is 2.17. The number of anilines is 1. The summed E-state index contributed by atoms with van der Waals surface area (Å²) in [5.74, 6) is 0.652. The number of amides is 1. The molecule has 0 saturated heterocycles. The van der Waals surface area contributed by atoms with Crippen LogP contribution in [0.25, 0.3) is 0 Å². The van der Waals surface area contributed by atoms with Gasteiger partial charge in [0.25, 0.3) is 5.91 Å². The minimum atomic E-state index is -0.0521. The van der Waals surface area contributed by atoms with Gasteiger partial charge in [0.1, 0.15) is 5.82 Å². The second-order valence-corrected chi connectivity index (χ2v) is 4.10. The van der Waals surface area contributed by atoms with E-state index in [0.29, 0.717) is 5.82 Å². The Morgan fingerprint density at radius 2 is 2.35 bits per heavy atom. The van der Waals surface area contributed by atoms with Gasteiger partial charge in [-0.25, -0.2) is 4.98 Å². The Bertz CT molecular complexity index is 454. The third-order valence-corrected chi connectivity index (χ3v) is 2.90. The molecule has 0 bridgehead atoms.